The Labute approximate surface area is 184 Å². The highest BCUT2D eigenvalue weighted by atomic mass is 32.2. The van der Waals surface area contributed by atoms with Crippen molar-refractivity contribution in [2.45, 2.75) is 43.6 Å². The van der Waals surface area contributed by atoms with E-state index in [1.54, 1.807) is 23.1 Å². The molecule has 1 atom stereocenters. The highest BCUT2D eigenvalue weighted by molar-refractivity contribution is 7.98. The van der Waals surface area contributed by atoms with Crippen LogP contribution in [0.3, 0.4) is 0 Å². The van der Waals surface area contributed by atoms with Gasteiger partial charge in [-0.15, -0.1) is 11.3 Å². The Balaban J connectivity index is 1.60. The van der Waals surface area contributed by atoms with Gasteiger partial charge in [-0.3, -0.25) is 4.79 Å². The normalized spacial score (nSPS) is 16.0. The van der Waals surface area contributed by atoms with Crippen LogP contribution in [0.4, 0.5) is 0 Å². The lowest BCUT2D eigenvalue weighted by atomic mass is 9.89. The molecule has 1 aliphatic carbocycles. The maximum Gasteiger partial charge on any atom is 0.211 e. The minimum absolute atomic E-state index is 0.152. The van der Waals surface area contributed by atoms with Crippen molar-refractivity contribution in [3.05, 3.63) is 92.5 Å². The second kappa shape index (κ2) is 8.40. The number of aromatic nitrogens is 2. The molecule has 1 aliphatic rings. The Morgan fingerprint density at radius 2 is 1.77 bits per heavy atom. The number of rotatable bonds is 5. The van der Waals surface area contributed by atoms with Crippen LogP contribution in [0.1, 0.15) is 34.9 Å². The first-order valence-electron chi connectivity index (χ1n) is 10.4. The largest absolute Gasteiger partial charge is 0.306 e. The summed E-state index contributed by atoms with van der Waals surface area (Å²) < 4.78 is 2.25. The first-order chi connectivity index (χ1) is 14.7. The van der Waals surface area contributed by atoms with E-state index in [0.717, 1.165) is 47.1 Å². The van der Waals surface area contributed by atoms with E-state index < -0.39 is 0 Å². The first-order valence-corrected chi connectivity index (χ1v) is 12.2. The molecular weight excluding hydrogens is 408 g/mol. The van der Waals surface area contributed by atoms with Crippen LogP contribution in [0.2, 0.25) is 0 Å². The fourth-order valence-corrected chi connectivity index (χ4v) is 6.35. The second-order valence-corrected chi connectivity index (χ2v) is 10.1. The summed E-state index contributed by atoms with van der Waals surface area (Å²) in [5, 5.41) is 0.932. The van der Waals surface area contributed by atoms with Gasteiger partial charge in [0, 0.05) is 16.2 Å². The Hall–Kier alpha value is -2.37. The standard InChI is InChI=1S/C25H24N2OS2/c1-17-12-13-21-20(14-17)23(28)22-24(30-21)27(15-18-8-4-2-5-9-18)25(26-22)29-16-19-10-6-3-7-11-19/h2-11,17H,12-16H2,1H3. The molecule has 0 aliphatic heterocycles. The fourth-order valence-electron chi connectivity index (χ4n) is 4.09. The zero-order valence-corrected chi connectivity index (χ0v) is 18.6. The number of fused-ring (bicyclic) bond motifs is 2. The van der Waals surface area contributed by atoms with E-state index in [4.69, 9.17) is 4.98 Å². The zero-order chi connectivity index (χ0) is 20.5. The van der Waals surface area contributed by atoms with Crippen LogP contribution < -0.4 is 5.43 Å². The summed E-state index contributed by atoms with van der Waals surface area (Å²) in [6.45, 7) is 2.98. The molecule has 2 aromatic carbocycles. The van der Waals surface area contributed by atoms with Crippen molar-refractivity contribution in [2.24, 2.45) is 5.92 Å². The smallest absolute Gasteiger partial charge is 0.211 e. The number of thioether (sulfide) groups is 1. The third kappa shape index (κ3) is 3.84. The summed E-state index contributed by atoms with van der Waals surface area (Å²) in [5.41, 5.74) is 4.30. The van der Waals surface area contributed by atoms with Crippen LogP contribution in [0.15, 0.2) is 70.6 Å². The quantitative estimate of drug-likeness (QED) is 0.367. The maximum atomic E-state index is 13.3. The van der Waals surface area contributed by atoms with E-state index >= 15 is 0 Å². The molecule has 0 amide bonds. The topological polar surface area (TPSA) is 34.9 Å². The number of hydrogen-bond donors (Lipinski definition) is 0. The second-order valence-electron chi connectivity index (χ2n) is 8.08. The number of aryl methyl sites for hydroxylation is 1. The summed E-state index contributed by atoms with van der Waals surface area (Å²) in [4.78, 5) is 20.5. The molecule has 1 unspecified atom stereocenters. The van der Waals surface area contributed by atoms with Crippen LogP contribution >= 0.6 is 23.1 Å². The van der Waals surface area contributed by atoms with E-state index in [-0.39, 0.29) is 5.43 Å². The lowest BCUT2D eigenvalue weighted by molar-refractivity contribution is 0.504. The van der Waals surface area contributed by atoms with Crippen molar-refractivity contribution >= 4 is 33.4 Å². The molecule has 0 fully saturated rings. The van der Waals surface area contributed by atoms with E-state index in [9.17, 15) is 4.79 Å². The number of nitrogens with zero attached hydrogens (tertiary/aromatic N) is 2. The molecule has 4 aromatic rings. The van der Waals surface area contributed by atoms with Crippen molar-refractivity contribution < 1.29 is 0 Å². The van der Waals surface area contributed by atoms with E-state index in [0.29, 0.717) is 11.4 Å². The van der Waals surface area contributed by atoms with Gasteiger partial charge in [0.25, 0.3) is 0 Å². The lowest BCUT2D eigenvalue weighted by Crippen LogP contribution is -2.20. The minimum atomic E-state index is 0.152. The van der Waals surface area contributed by atoms with Gasteiger partial charge in [0.1, 0.15) is 10.3 Å². The Bertz CT molecular complexity index is 1230. The SMILES string of the molecule is CC1CCc2sc3c(nc(SCc4ccccc4)n3Cc3ccccc3)c(=O)c2C1. The predicted molar refractivity (Wildman–Crippen MR) is 127 cm³/mol. The number of imidazole rings is 1. The molecule has 0 radical (unpaired) electrons. The van der Waals surface area contributed by atoms with E-state index in [2.05, 4.69) is 60.0 Å². The summed E-state index contributed by atoms with van der Waals surface area (Å²) >= 11 is 3.50. The molecule has 0 spiro atoms. The van der Waals surface area contributed by atoms with Gasteiger partial charge < -0.3 is 4.57 Å². The van der Waals surface area contributed by atoms with Gasteiger partial charge in [-0.2, -0.15) is 0 Å². The van der Waals surface area contributed by atoms with E-state index in [1.807, 2.05) is 12.1 Å². The highest BCUT2D eigenvalue weighted by Gasteiger charge is 2.24. The summed E-state index contributed by atoms with van der Waals surface area (Å²) in [5.74, 6) is 1.42. The third-order valence-electron chi connectivity index (χ3n) is 5.74. The molecular formula is C25H24N2OS2. The van der Waals surface area contributed by atoms with Gasteiger partial charge in [0.15, 0.2) is 5.16 Å². The Morgan fingerprint density at radius 1 is 1.07 bits per heavy atom. The van der Waals surface area contributed by atoms with Crippen LogP contribution in [0.5, 0.6) is 0 Å². The summed E-state index contributed by atoms with van der Waals surface area (Å²) in [6.07, 6.45) is 3.06. The van der Waals surface area contributed by atoms with Crippen LogP contribution in [0.25, 0.3) is 10.3 Å². The Kier molecular flexibility index (Phi) is 5.48. The molecule has 30 heavy (non-hydrogen) atoms. The van der Waals surface area contributed by atoms with Crippen molar-refractivity contribution in [1.82, 2.24) is 9.55 Å². The number of hydrogen-bond acceptors (Lipinski definition) is 4. The zero-order valence-electron chi connectivity index (χ0n) is 17.0. The molecule has 152 valence electrons. The lowest BCUT2D eigenvalue weighted by Gasteiger charge is -2.20. The molecule has 0 saturated carbocycles. The average molecular weight is 433 g/mol. The number of benzene rings is 2. The molecule has 0 bridgehead atoms. The molecule has 0 N–H and O–H groups in total. The van der Waals surface area contributed by atoms with Crippen molar-refractivity contribution in [2.75, 3.05) is 0 Å². The molecule has 5 heteroatoms. The maximum absolute atomic E-state index is 13.3. The van der Waals surface area contributed by atoms with Gasteiger partial charge in [-0.25, -0.2) is 4.98 Å². The first kappa shape index (κ1) is 19.6. The molecule has 2 heterocycles. The third-order valence-corrected chi connectivity index (χ3v) is 8.09. The van der Waals surface area contributed by atoms with Gasteiger partial charge in [0.05, 0.1) is 6.54 Å². The molecule has 3 nitrogen and oxygen atoms in total. The minimum Gasteiger partial charge on any atom is -0.306 e. The van der Waals surface area contributed by atoms with Gasteiger partial charge >= 0.3 is 0 Å². The van der Waals surface area contributed by atoms with Crippen molar-refractivity contribution in [3.63, 3.8) is 0 Å². The van der Waals surface area contributed by atoms with Crippen LogP contribution in [0, 0.1) is 5.92 Å². The van der Waals surface area contributed by atoms with Gasteiger partial charge in [-0.05, 0) is 36.3 Å². The fraction of sp³-hybridized carbons (Fsp3) is 0.280. The van der Waals surface area contributed by atoms with E-state index in [1.165, 1.54) is 16.0 Å². The monoisotopic (exact) mass is 432 g/mol. The summed E-state index contributed by atoms with van der Waals surface area (Å²) in [7, 11) is 0. The van der Waals surface area contributed by atoms with Gasteiger partial charge in [-0.1, -0.05) is 79.3 Å². The van der Waals surface area contributed by atoms with Crippen molar-refractivity contribution in [3.8, 4) is 0 Å². The molecule has 2 aromatic heterocycles. The van der Waals surface area contributed by atoms with Crippen LogP contribution in [-0.2, 0) is 25.1 Å². The van der Waals surface area contributed by atoms with Crippen LogP contribution in [-0.4, -0.2) is 9.55 Å². The average Bonchev–Trinajstić information content (AvgIpc) is 3.12. The summed E-state index contributed by atoms with van der Waals surface area (Å²) in [6, 6.07) is 20.9. The van der Waals surface area contributed by atoms with Crippen molar-refractivity contribution in [1.29, 1.82) is 0 Å². The predicted octanol–water partition coefficient (Wildman–Crippen LogP) is 5.92. The highest BCUT2D eigenvalue weighted by Crippen LogP contribution is 2.34. The molecule has 0 saturated heterocycles. The Morgan fingerprint density at radius 3 is 2.50 bits per heavy atom. The molecule has 5 rings (SSSR count). The van der Waals surface area contributed by atoms with Gasteiger partial charge in [0.2, 0.25) is 5.43 Å².